The average Bonchev–Trinajstić information content (AvgIpc) is 2.60. The van der Waals surface area contributed by atoms with Gasteiger partial charge in [0.25, 0.3) is 10.1 Å². The molecule has 0 bridgehead atoms. The monoisotopic (exact) mass is 420 g/mol. The molecule has 1 aliphatic rings. The minimum atomic E-state index is -3.80. The molecule has 0 saturated carbocycles. The number of hydrogen-bond acceptors (Lipinski definition) is 8. The van der Waals surface area contributed by atoms with Crippen LogP contribution in [0.2, 0.25) is 5.02 Å². The molecule has 1 aromatic carbocycles. The van der Waals surface area contributed by atoms with E-state index in [-0.39, 0.29) is 40.8 Å². The highest BCUT2D eigenvalue weighted by atomic mass is 35.5. The average molecular weight is 421 g/mol. The number of hydroxylamine groups is 1. The van der Waals surface area contributed by atoms with Crippen molar-refractivity contribution in [3.05, 3.63) is 40.3 Å². The summed E-state index contributed by atoms with van der Waals surface area (Å²) in [6, 6.07) is 2.00. The molecule has 1 unspecified atom stereocenters. The van der Waals surface area contributed by atoms with E-state index in [4.69, 9.17) is 21.1 Å². The highest BCUT2D eigenvalue weighted by Crippen LogP contribution is 2.37. The summed E-state index contributed by atoms with van der Waals surface area (Å²) in [7, 11) is -2.52. The Morgan fingerprint density at radius 2 is 2.15 bits per heavy atom. The number of hydrogen-bond donors (Lipinski definition) is 1. The third-order valence-corrected chi connectivity index (χ3v) is 4.15. The number of carbonyl (C=O) groups is 1. The van der Waals surface area contributed by atoms with Crippen LogP contribution in [-0.2, 0) is 23.9 Å². The topological polar surface area (TPSA) is 103 Å². The lowest BCUT2D eigenvalue weighted by Gasteiger charge is -2.22. The zero-order valence-electron chi connectivity index (χ0n) is 14.8. The van der Waals surface area contributed by atoms with Crippen LogP contribution < -0.4 is 10.2 Å². The summed E-state index contributed by atoms with van der Waals surface area (Å²) in [5, 5.41) is 0.0819. The second-order valence-electron chi connectivity index (χ2n) is 5.50. The Hall–Kier alpha value is -2.17. The molecule has 1 heterocycles. The van der Waals surface area contributed by atoms with Gasteiger partial charge in [0.1, 0.15) is 5.71 Å². The van der Waals surface area contributed by atoms with Gasteiger partial charge < -0.3 is 9.47 Å². The molecular formula is C16H18ClFN2O6S. The Labute approximate surface area is 161 Å². The number of nitrogens with zero attached hydrogens (tertiary/aromatic N) is 1. The van der Waals surface area contributed by atoms with E-state index in [0.717, 1.165) is 6.26 Å². The van der Waals surface area contributed by atoms with Crippen molar-refractivity contribution < 1.29 is 31.4 Å². The lowest BCUT2D eigenvalue weighted by Crippen LogP contribution is -2.27. The van der Waals surface area contributed by atoms with Gasteiger partial charge in [0.15, 0.2) is 11.6 Å². The molecule has 1 aliphatic heterocycles. The fraction of sp³-hybridized carbons (Fsp3) is 0.375. The van der Waals surface area contributed by atoms with Crippen LogP contribution in [0, 0.1) is 5.82 Å². The minimum Gasteiger partial charge on any atom is -0.492 e. The Morgan fingerprint density at radius 3 is 2.74 bits per heavy atom. The van der Waals surface area contributed by atoms with E-state index in [1.807, 2.05) is 0 Å². The first kappa shape index (κ1) is 21.1. The summed E-state index contributed by atoms with van der Waals surface area (Å²) < 4.78 is 51.5. The molecule has 148 valence electrons. The number of nitrogens with one attached hydrogen (secondary N) is 1. The largest absolute Gasteiger partial charge is 0.492 e. The Bertz CT molecular complexity index is 900. The Balaban J connectivity index is 2.42. The van der Waals surface area contributed by atoms with E-state index in [2.05, 4.69) is 14.8 Å². The number of benzene rings is 1. The van der Waals surface area contributed by atoms with E-state index in [9.17, 15) is 17.6 Å². The molecule has 0 spiro atoms. The van der Waals surface area contributed by atoms with Gasteiger partial charge in [-0.2, -0.15) is 12.7 Å². The predicted molar refractivity (Wildman–Crippen MR) is 96.5 cm³/mol. The van der Waals surface area contributed by atoms with Crippen LogP contribution in [0.1, 0.15) is 24.9 Å². The van der Waals surface area contributed by atoms with Gasteiger partial charge in [0.2, 0.25) is 0 Å². The van der Waals surface area contributed by atoms with Crippen molar-refractivity contribution >= 4 is 33.4 Å². The summed E-state index contributed by atoms with van der Waals surface area (Å²) in [4.78, 5) is 16.3. The highest BCUT2D eigenvalue weighted by Gasteiger charge is 2.27. The van der Waals surface area contributed by atoms with Crippen molar-refractivity contribution in [2.75, 3.05) is 20.0 Å². The maximum Gasteiger partial charge on any atom is 0.356 e. The number of esters is 1. The molecule has 1 atom stereocenters. The molecule has 0 aromatic heterocycles. The molecule has 0 saturated heterocycles. The molecule has 0 aliphatic carbocycles. The standard InChI is InChI=1S/C16H18ClFN2O6S/c1-4-25-16(21)13-8-9(20-26-27(3,22)23)7-12(19-13)10-5-6-11(17)15(24-2)14(10)18/h5-6,8,12,20H,4,7H2,1-3H3. The lowest BCUT2D eigenvalue weighted by atomic mass is 9.98. The van der Waals surface area contributed by atoms with Crippen LogP contribution in [0.3, 0.4) is 0 Å². The number of halogens is 2. The smallest absolute Gasteiger partial charge is 0.356 e. The third kappa shape index (κ3) is 5.41. The third-order valence-electron chi connectivity index (χ3n) is 3.47. The van der Waals surface area contributed by atoms with Gasteiger partial charge in [-0.3, -0.25) is 10.5 Å². The van der Waals surface area contributed by atoms with Gasteiger partial charge in [-0.05, 0) is 19.1 Å². The number of methoxy groups -OCH3 is 1. The van der Waals surface area contributed by atoms with Crippen LogP contribution in [0.25, 0.3) is 0 Å². The minimum absolute atomic E-state index is 0.0418. The van der Waals surface area contributed by atoms with Crippen LogP contribution >= 0.6 is 11.6 Å². The van der Waals surface area contributed by atoms with Crippen molar-refractivity contribution in [3.8, 4) is 5.75 Å². The van der Waals surface area contributed by atoms with E-state index in [0.29, 0.717) is 0 Å². The molecule has 8 nitrogen and oxygen atoms in total. The normalized spacial score (nSPS) is 17.0. The highest BCUT2D eigenvalue weighted by molar-refractivity contribution is 7.85. The summed E-state index contributed by atoms with van der Waals surface area (Å²) in [6.45, 7) is 1.74. The zero-order chi connectivity index (χ0) is 20.2. The van der Waals surface area contributed by atoms with Gasteiger partial charge in [-0.1, -0.05) is 17.7 Å². The molecule has 0 amide bonds. The molecular weight excluding hydrogens is 403 g/mol. The fourth-order valence-electron chi connectivity index (χ4n) is 2.37. The first-order valence-corrected chi connectivity index (χ1v) is 9.97. The SMILES string of the molecule is CCOC(=O)C1=NC(c2ccc(Cl)c(OC)c2F)CC(NOS(C)(=O)=O)=C1. The fourth-order valence-corrected chi connectivity index (χ4v) is 2.85. The first-order chi connectivity index (χ1) is 12.7. The summed E-state index contributed by atoms with van der Waals surface area (Å²) >= 11 is 5.90. The number of rotatable bonds is 7. The second-order valence-corrected chi connectivity index (χ2v) is 7.48. The summed E-state index contributed by atoms with van der Waals surface area (Å²) in [5.74, 6) is -1.62. The molecule has 1 N–H and O–H groups in total. The van der Waals surface area contributed by atoms with Gasteiger partial charge >= 0.3 is 5.97 Å². The Kier molecular flexibility index (Phi) is 6.79. The van der Waals surface area contributed by atoms with Crippen molar-refractivity contribution in [1.29, 1.82) is 0 Å². The van der Waals surface area contributed by atoms with Crippen LogP contribution in [-0.4, -0.2) is 40.1 Å². The van der Waals surface area contributed by atoms with E-state index < -0.39 is 27.9 Å². The maximum atomic E-state index is 14.7. The van der Waals surface area contributed by atoms with Gasteiger partial charge in [-0.15, -0.1) is 0 Å². The Morgan fingerprint density at radius 1 is 1.44 bits per heavy atom. The molecule has 2 rings (SSSR count). The van der Waals surface area contributed by atoms with Crippen molar-refractivity contribution in [2.45, 2.75) is 19.4 Å². The molecule has 1 aromatic rings. The molecule has 11 heteroatoms. The van der Waals surface area contributed by atoms with Gasteiger partial charge in [-0.25, -0.2) is 9.18 Å². The predicted octanol–water partition coefficient (Wildman–Crippen LogP) is 2.30. The molecule has 27 heavy (non-hydrogen) atoms. The summed E-state index contributed by atoms with van der Waals surface area (Å²) in [6.07, 6.45) is 2.18. The van der Waals surface area contributed by atoms with Gasteiger partial charge in [0, 0.05) is 17.7 Å². The van der Waals surface area contributed by atoms with E-state index >= 15 is 0 Å². The summed E-state index contributed by atoms with van der Waals surface area (Å²) in [5.41, 5.74) is 2.46. The van der Waals surface area contributed by atoms with Crippen LogP contribution in [0.15, 0.2) is 28.9 Å². The molecule has 0 fully saturated rings. The van der Waals surface area contributed by atoms with Crippen molar-refractivity contribution in [1.82, 2.24) is 5.48 Å². The van der Waals surface area contributed by atoms with Crippen molar-refractivity contribution in [2.24, 2.45) is 4.99 Å². The van der Waals surface area contributed by atoms with Gasteiger partial charge in [0.05, 0.1) is 31.0 Å². The number of dihydropyridines is 1. The number of aliphatic imine (C=N–C) groups is 1. The first-order valence-electron chi connectivity index (χ1n) is 7.78. The van der Waals surface area contributed by atoms with E-state index in [1.165, 1.54) is 25.3 Å². The molecule has 0 radical (unpaired) electrons. The number of carbonyl (C=O) groups excluding carboxylic acids is 1. The zero-order valence-corrected chi connectivity index (χ0v) is 16.4. The number of ether oxygens (including phenoxy) is 2. The lowest BCUT2D eigenvalue weighted by molar-refractivity contribution is -0.134. The van der Waals surface area contributed by atoms with Crippen LogP contribution in [0.4, 0.5) is 4.39 Å². The van der Waals surface area contributed by atoms with Crippen molar-refractivity contribution in [3.63, 3.8) is 0 Å². The quantitative estimate of drug-likeness (QED) is 0.533. The second kappa shape index (κ2) is 8.68. The van der Waals surface area contributed by atoms with Crippen LogP contribution in [0.5, 0.6) is 5.75 Å². The maximum absolute atomic E-state index is 14.7. The van der Waals surface area contributed by atoms with E-state index in [1.54, 1.807) is 6.92 Å².